The highest BCUT2D eigenvalue weighted by molar-refractivity contribution is 5.76. The van der Waals surface area contributed by atoms with Crippen molar-refractivity contribution in [1.29, 1.82) is 5.26 Å². The molecule has 0 radical (unpaired) electrons. The number of piperazine rings is 1. The molecule has 25 heavy (non-hydrogen) atoms. The highest BCUT2D eigenvalue weighted by atomic mass is 16.2. The van der Waals surface area contributed by atoms with E-state index in [1.165, 1.54) is 11.3 Å². The summed E-state index contributed by atoms with van der Waals surface area (Å²) in [6, 6.07) is 4.29. The van der Waals surface area contributed by atoms with Crippen LogP contribution in [0.2, 0.25) is 0 Å². The molecule has 0 bridgehead atoms. The minimum atomic E-state index is 0.0828. The Morgan fingerprint density at radius 1 is 1.20 bits per heavy atom. The SMILES string of the molecule is Cc1c(CN2CCN(C)[C@@]3(CCC(=O)N(C)CC3)C2)cc(C#N)n1C. The molecule has 6 heteroatoms. The molecule has 0 unspecified atom stereocenters. The van der Waals surface area contributed by atoms with Gasteiger partial charge >= 0.3 is 0 Å². The van der Waals surface area contributed by atoms with Gasteiger partial charge in [-0.25, -0.2) is 0 Å². The van der Waals surface area contributed by atoms with Crippen LogP contribution in [0.15, 0.2) is 6.07 Å². The van der Waals surface area contributed by atoms with Crippen molar-refractivity contribution in [3.63, 3.8) is 0 Å². The molecule has 0 N–H and O–H groups in total. The maximum atomic E-state index is 12.1. The van der Waals surface area contributed by atoms with Crippen molar-refractivity contribution in [2.75, 3.05) is 40.3 Å². The average molecular weight is 343 g/mol. The lowest BCUT2D eigenvalue weighted by Gasteiger charge is -2.49. The predicted molar refractivity (Wildman–Crippen MR) is 97.0 cm³/mol. The van der Waals surface area contributed by atoms with Crippen molar-refractivity contribution in [3.8, 4) is 6.07 Å². The molecule has 2 saturated heterocycles. The van der Waals surface area contributed by atoms with Crippen molar-refractivity contribution in [3.05, 3.63) is 23.0 Å². The van der Waals surface area contributed by atoms with Crippen molar-refractivity contribution in [2.45, 2.75) is 38.3 Å². The van der Waals surface area contributed by atoms with Crippen LogP contribution in [0.4, 0.5) is 0 Å². The summed E-state index contributed by atoms with van der Waals surface area (Å²) in [5.74, 6) is 0.264. The zero-order valence-electron chi connectivity index (χ0n) is 15.9. The summed E-state index contributed by atoms with van der Waals surface area (Å²) in [6.45, 7) is 6.83. The van der Waals surface area contributed by atoms with E-state index >= 15 is 0 Å². The van der Waals surface area contributed by atoms with Crippen LogP contribution in [0.3, 0.4) is 0 Å². The molecular weight excluding hydrogens is 314 g/mol. The number of hydrogen-bond acceptors (Lipinski definition) is 4. The Morgan fingerprint density at radius 3 is 2.64 bits per heavy atom. The Bertz CT molecular complexity index is 703. The molecule has 2 fully saturated rings. The fourth-order valence-electron chi connectivity index (χ4n) is 4.25. The fraction of sp³-hybridized carbons (Fsp3) is 0.684. The van der Waals surface area contributed by atoms with Gasteiger partial charge in [-0.05, 0) is 38.4 Å². The van der Waals surface area contributed by atoms with Crippen LogP contribution in [0.5, 0.6) is 0 Å². The van der Waals surface area contributed by atoms with Crippen LogP contribution in [-0.4, -0.2) is 71.0 Å². The normalized spacial score (nSPS) is 26.0. The van der Waals surface area contributed by atoms with Gasteiger partial charge in [0, 0.05) is 64.5 Å². The van der Waals surface area contributed by atoms with Gasteiger partial charge in [0.2, 0.25) is 5.91 Å². The number of rotatable bonds is 2. The van der Waals surface area contributed by atoms with Crippen LogP contribution in [0.25, 0.3) is 0 Å². The first-order chi connectivity index (χ1) is 11.9. The first-order valence-electron chi connectivity index (χ1n) is 9.09. The van der Waals surface area contributed by atoms with E-state index in [0.717, 1.165) is 51.3 Å². The third-order valence-electron chi connectivity index (χ3n) is 6.37. The van der Waals surface area contributed by atoms with Crippen molar-refractivity contribution >= 4 is 5.91 Å². The maximum absolute atomic E-state index is 12.1. The van der Waals surface area contributed by atoms with E-state index in [2.05, 4.69) is 29.8 Å². The molecule has 0 aliphatic carbocycles. The second kappa shape index (κ2) is 6.81. The zero-order valence-corrected chi connectivity index (χ0v) is 15.9. The third-order valence-corrected chi connectivity index (χ3v) is 6.37. The van der Waals surface area contributed by atoms with E-state index in [1.807, 2.05) is 29.6 Å². The molecule has 1 atom stereocenters. The van der Waals surface area contributed by atoms with Gasteiger partial charge in [-0.15, -0.1) is 0 Å². The number of nitriles is 1. The molecule has 3 rings (SSSR count). The Kier molecular flexibility index (Phi) is 4.90. The van der Waals surface area contributed by atoms with E-state index < -0.39 is 0 Å². The predicted octanol–water partition coefficient (Wildman–Crippen LogP) is 1.33. The van der Waals surface area contributed by atoms with Crippen molar-refractivity contribution in [2.24, 2.45) is 7.05 Å². The monoisotopic (exact) mass is 343 g/mol. The molecule has 1 aromatic heterocycles. The van der Waals surface area contributed by atoms with Gasteiger partial charge in [-0.1, -0.05) is 0 Å². The first-order valence-corrected chi connectivity index (χ1v) is 9.09. The Balaban J connectivity index is 1.77. The standard InChI is InChI=1S/C19H29N5O/c1-15-16(11-17(12-20)23(15)4)13-24-10-9-22(3)19(14-24)6-5-18(25)21(2)8-7-19/h11H,5-10,13-14H2,1-4H3/t19-/m1/s1. The second-order valence-corrected chi connectivity index (χ2v) is 7.73. The highest BCUT2D eigenvalue weighted by Crippen LogP contribution is 2.32. The Labute approximate surface area is 150 Å². The minimum Gasteiger partial charge on any atom is -0.346 e. The minimum absolute atomic E-state index is 0.0828. The lowest BCUT2D eigenvalue weighted by atomic mass is 9.86. The molecule has 1 amide bonds. The van der Waals surface area contributed by atoms with E-state index in [4.69, 9.17) is 0 Å². The molecule has 1 aromatic rings. The average Bonchev–Trinajstić information content (AvgIpc) is 2.79. The number of aromatic nitrogens is 1. The summed E-state index contributed by atoms with van der Waals surface area (Å²) in [7, 11) is 6.07. The topological polar surface area (TPSA) is 55.5 Å². The third kappa shape index (κ3) is 3.31. The van der Waals surface area contributed by atoms with Gasteiger partial charge in [-0.3, -0.25) is 14.6 Å². The molecule has 136 valence electrons. The number of hydrogen-bond donors (Lipinski definition) is 0. The van der Waals surface area contributed by atoms with E-state index in [-0.39, 0.29) is 11.4 Å². The first kappa shape index (κ1) is 18.0. The largest absolute Gasteiger partial charge is 0.346 e. The Morgan fingerprint density at radius 2 is 1.96 bits per heavy atom. The van der Waals surface area contributed by atoms with Crippen molar-refractivity contribution in [1.82, 2.24) is 19.3 Å². The van der Waals surface area contributed by atoms with Crippen LogP contribution in [-0.2, 0) is 18.4 Å². The zero-order chi connectivity index (χ0) is 18.2. The number of carbonyl (C=O) groups excluding carboxylic acids is 1. The van der Waals surface area contributed by atoms with Crippen molar-refractivity contribution < 1.29 is 4.79 Å². The molecule has 2 aliphatic rings. The van der Waals surface area contributed by atoms with Gasteiger partial charge < -0.3 is 9.47 Å². The molecule has 1 spiro atoms. The van der Waals surface area contributed by atoms with Gasteiger partial charge in [0.1, 0.15) is 11.8 Å². The number of carbonyl (C=O) groups is 1. The summed E-state index contributed by atoms with van der Waals surface area (Å²) in [5, 5.41) is 9.25. The highest BCUT2D eigenvalue weighted by Gasteiger charge is 2.41. The van der Waals surface area contributed by atoms with Gasteiger partial charge in [0.25, 0.3) is 0 Å². The summed E-state index contributed by atoms with van der Waals surface area (Å²) in [5.41, 5.74) is 3.21. The van der Waals surface area contributed by atoms with Gasteiger partial charge in [-0.2, -0.15) is 5.26 Å². The second-order valence-electron chi connectivity index (χ2n) is 7.73. The molecule has 6 nitrogen and oxygen atoms in total. The Hall–Kier alpha value is -1.84. The number of likely N-dealkylation sites (N-methyl/N-ethyl adjacent to an activating group) is 1. The lowest BCUT2D eigenvalue weighted by molar-refractivity contribution is -0.129. The number of amides is 1. The molecule has 0 saturated carbocycles. The van der Waals surface area contributed by atoms with Gasteiger partial charge in [0.15, 0.2) is 0 Å². The van der Waals surface area contributed by atoms with Crippen LogP contribution in [0, 0.1) is 18.3 Å². The summed E-state index contributed by atoms with van der Waals surface area (Å²) >= 11 is 0. The summed E-state index contributed by atoms with van der Waals surface area (Å²) in [4.78, 5) is 18.9. The molecule has 0 aromatic carbocycles. The summed E-state index contributed by atoms with van der Waals surface area (Å²) < 4.78 is 1.97. The smallest absolute Gasteiger partial charge is 0.222 e. The van der Waals surface area contributed by atoms with E-state index in [1.54, 1.807) is 0 Å². The number of likely N-dealkylation sites (tertiary alicyclic amines) is 1. The van der Waals surface area contributed by atoms with Crippen LogP contribution in [0.1, 0.15) is 36.2 Å². The lowest BCUT2D eigenvalue weighted by Crippen LogP contribution is -2.60. The quantitative estimate of drug-likeness (QED) is 0.813. The molecule has 3 heterocycles. The van der Waals surface area contributed by atoms with E-state index in [0.29, 0.717) is 6.42 Å². The van der Waals surface area contributed by atoms with Gasteiger partial charge in [0.05, 0.1) is 0 Å². The summed E-state index contributed by atoms with van der Waals surface area (Å²) in [6.07, 6.45) is 2.59. The van der Waals surface area contributed by atoms with Crippen LogP contribution >= 0.6 is 0 Å². The molecule has 2 aliphatic heterocycles. The van der Waals surface area contributed by atoms with E-state index in [9.17, 15) is 10.1 Å². The molecular formula is C19H29N5O. The van der Waals surface area contributed by atoms with Crippen LogP contribution < -0.4 is 0 Å². The maximum Gasteiger partial charge on any atom is 0.222 e. The fourth-order valence-corrected chi connectivity index (χ4v) is 4.25. The number of nitrogens with zero attached hydrogens (tertiary/aromatic N) is 5.